The first-order valence-electron chi connectivity index (χ1n) is 6.52. The van der Waals surface area contributed by atoms with Crippen LogP contribution in [0.15, 0.2) is 60.7 Å². The van der Waals surface area contributed by atoms with Gasteiger partial charge in [-0.3, -0.25) is 0 Å². The molecule has 0 aliphatic heterocycles. The van der Waals surface area contributed by atoms with Crippen LogP contribution >= 0.6 is 8.19 Å². The van der Waals surface area contributed by atoms with E-state index in [9.17, 15) is 0 Å². The third-order valence-electron chi connectivity index (χ3n) is 3.48. The van der Waals surface area contributed by atoms with E-state index in [1.165, 1.54) is 41.0 Å². The van der Waals surface area contributed by atoms with Crippen LogP contribution in [0.1, 0.15) is 10.9 Å². The van der Waals surface area contributed by atoms with Gasteiger partial charge in [-0.2, -0.15) is 5.30 Å². The molecule has 0 atom stereocenters. The first-order valence-corrected chi connectivity index (χ1v) is 7.41. The van der Waals surface area contributed by atoms with Crippen LogP contribution in [0.5, 0.6) is 0 Å². The summed E-state index contributed by atoms with van der Waals surface area (Å²) in [6.07, 6.45) is 0. The third-order valence-corrected chi connectivity index (χ3v) is 4.86. The molecule has 0 N–H and O–H groups in total. The van der Waals surface area contributed by atoms with Gasteiger partial charge in [-0.1, -0.05) is 73.2 Å². The molecule has 3 rings (SSSR count). The van der Waals surface area contributed by atoms with Crippen LogP contribution in [0.4, 0.5) is 0 Å². The van der Waals surface area contributed by atoms with E-state index in [4.69, 9.17) is 0 Å². The monoisotopic (exact) mass is 263 g/mol. The summed E-state index contributed by atoms with van der Waals surface area (Å²) >= 11 is 0. The summed E-state index contributed by atoms with van der Waals surface area (Å²) in [4.78, 5) is 0. The molecule has 0 amide bonds. The highest BCUT2D eigenvalue weighted by atomic mass is 31.0. The van der Waals surface area contributed by atoms with Crippen molar-refractivity contribution in [3.63, 3.8) is 0 Å². The number of benzene rings is 2. The van der Waals surface area contributed by atoms with Gasteiger partial charge in [-0.25, -0.2) is 5.30 Å². The van der Waals surface area contributed by atoms with Gasteiger partial charge in [0.2, 0.25) is 0 Å². The highest BCUT2D eigenvalue weighted by Crippen LogP contribution is 2.44. The first kappa shape index (κ1) is 12.3. The number of hydrogen-bond acceptors (Lipinski definition) is 0. The Labute approximate surface area is 116 Å². The second-order valence-corrected chi connectivity index (χ2v) is 6.12. The molecule has 1 heterocycles. The minimum Gasteiger partial charge on any atom is -0.519 e. The van der Waals surface area contributed by atoms with Gasteiger partial charge in [-0.15, -0.1) is 0 Å². The molecule has 0 fully saturated rings. The summed E-state index contributed by atoms with van der Waals surface area (Å²) in [5.41, 5.74) is 5.50. The highest BCUT2D eigenvalue weighted by Gasteiger charge is 2.05. The van der Waals surface area contributed by atoms with Crippen LogP contribution in [-0.4, -0.2) is 0 Å². The molecule has 3 aromatic rings. The van der Waals surface area contributed by atoms with Gasteiger partial charge >= 0.3 is 0 Å². The Morgan fingerprint density at radius 1 is 0.684 bits per heavy atom. The summed E-state index contributed by atoms with van der Waals surface area (Å²) in [5, 5.41) is 2.89. The minimum absolute atomic E-state index is 1.33. The Bertz CT molecular complexity index is 678. The molecule has 0 unspecified atom stereocenters. The van der Waals surface area contributed by atoms with Crippen molar-refractivity contribution in [2.24, 2.45) is 0 Å². The summed E-state index contributed by atoms with van der Waals surface area (Å²) in [6.45, 7) is 4.48. The molecule has 94 valence electrons. The Balaban J connectivity index is 2.17. The van der Waals surface area contributed by atoms with E-state index in [1.807, 2.05) is 0 Å². The lowest BCUT2D eigenvalue weighted by molar-refractivity contribution is 1.48. The van der Waals surface area contributed by atoms with Gasteiger partial charge in [0.25, 0.3) is 0 Å². The van der Waals surface area contributed by atoms with Crippen LogP contribution in [0.2, 0.25) is 0 Å². The summed E-state index contributed by atoms with van der Waals surface area (Å²) in [5.74, 6) is 0. The molecule has 1 heteroatoms. The van der Waals surface area contributed by atoms with Crippen molar-refractivity contribution in [2.45, 2.75) is 13.8 Å². The first-order chi connectivity index (χ1) is 9.27. The molecule has 0 saturated carbocycles. The van der Waals surface area contributed by atoms with Crippen molar-refractivity contribution in [2.75, 3.05) is 0 Å². The fourth-order valence-electron chi connectivity index (χ4n) is 2.60. The Hall–Kier alpha value is -1.78. The molecule has 0 spiro atoms. The van der Waals surface area contributed by atoms with Gasteiger partial charge < -0.3 is 8.19 Å². The van der Waals surface area contributed by atoms with Gasteiger partial charge in [0.05, 0.1) is 0 Å². The second-order valence-electron chi connectivity index (χ2n) is 4.78. The standard InChI is InChI=1S/C18H16P/c1-13-17(15-9-5-3-6-10-15)14(2)19-18(13)16-11-7-4-8-12-16/h3-12H,1-2H3/q-1. The average molecular weight is 263 g/mol. The van der Waals surface area contributed by atoms with Gasteiger partial charge in [0, 0.05) is 0 Å². The molecule has 0 radical (unpaired) electrons. The second kappa shape index (κ2) is 5.07. The van der Waals surface area contributed by atoms with Crippen molar-refractivity contribution >= 4 is 8.19 Å². The zero-order valence-electron chi connectivity index (χ0n) is 11.2. The lowest BCUT2D eigenvalue weighted by atomic mass is 9.99. The topological polar surface area (TPSA) is 0 Å². The zero-order chi connectivity index (χ0) is 13.2. The molecular weight excluding hydrogens is 247 g/mol. The molecule has 0 nitrogen and oxygen atoms in total. The quantitative estimate of drug-likeness (QED) is 0.537. The minimum atomic E-state index is 1.33. The SMILES string of the molecule is Cc1[p-]c(-c2ccccc2)c(C)c1-c1ccccc1. The number of hydrogen-bond donors (Lipinski definition) is 0. The Morgan fingerprint density at radius 2 is 1.21 bits per heavy atom. The van der Waals surface area contributed by atoms with Crippen molar-refractivity contribution in [1.29, 1.82) is 0 Å². The van der Waals surface area contributed by atoms with Gasteiger partial charge in [0.15, 0.2) is 0 Å². The third kappa shape index (κ3) is 2.25. The molecule has 0 saturated heterocycles. The van der Waals surface area contributed by atoms with Crippen LogP contribution in [0.3, 0.4) is 0 Å². The van der Waals surface area contributed by atoms with E-state index >= 15 is 0 Å². The van der Waals surface area contributed by atoms with Crippen LogP contribution in [0, 0.1) is 13.8 Å². The lowest BCUT2D eigenvalue weighted by Crippen LogP contribution is -1.81. The van der Waals surface area contributed by atoms with E-state index in [-0.39, 0.29) is 0 Å². The van der Waals surface area contributed by atoms with E-state index in [0.717, 1.165) is 0 Å². The molecule has 19 heavy (non-hydrogen) atoms. The average Bonchev–Trinajstić information content (AvgIpc) is 2.76. The maximum Gasteiger partial charge on any atom is -0.0206 e. The fraction of sp³-hybridized carbons (Fsp3) is 0.111. The van der Waals surface area contributed by atoms with Crippen LogP contribution in [0.25, 0.3) is 22.0 Å². The van der Waals surface area contributed by atoms with E-state index in [0.29, 0.717) is 0 Å². The normalized spacial score (nSPS) is 11.1. The van der Waals surface area contributed by atoms with Crippen LogP contribution in [-0.2, 0) is 0 Å². The maximum absolute atomic E-state index is 2.24. The smallest absolute Gasteiger partial charge is 0.0206 e. The van der Waals surface area contributed by atoms with E-state index in [1.54, 1.807) is 0 Å². The largest absolute Gasteiger partial charge is 0.519 e. The Morgan fingerprint density at radius 3 is 1.79 bits per heavy atom. The predicted octanol–water partition coefficient (Wildman–Crippen LogP) is 5.94. The van der Waals surface area contributed by atoms with Gasteiger partial charge in [-0.05, 0) is 23.6 Å². The summed E-state index contributed by atoms with van der Waals surface area (Å²) in [6, 6.07) is 21.4. The molecule has 0 aliphatic rings. The maximum atomic E-state index is 2.24. The molecule has 0 aliphatic carbocycles. The van der Waals surface area contributed by atoms with Crippen molar-refractivity contribution in [3.8, 4) is 22.0 Å². The fourth-order valence-corrected chi connectivity index (χ4v) is 3.91. The van der Waals surface area contributed by atoms with E-state index < -0.39 is 0 Å². The van der Waals surface area contributed by atoms with Crippen molar-refractivity contribution in [1.82, 2.24) is 0 Å². The molecular formula is C18H16P-. The molecule has 0 bridgehead atoms. The predicted molar refractivity (Wildman–Crippen MR) is 84.9 cm³/mol. The summed E-state index contributed by atoms with van der Waals surface area (Å²) in [7, 11) is 1.34. The van der Waals surface area contributed by atoms with Crippen molar-refractivity contribution < 1.29 is 0 Å². The van der Waals surface area contributed by atoms with Gasteiger partial charge in [0.1, 0.15) is 0 Å². The summed E-state index contributed by atoms with van der Waals surface area (Å²) < 4.78 is 0. The lowest BCUT2D eigenvalue weighted by Gasteiger charge is -2.10. The van der Waals surface area contributed by atoms with Crippen LogP contribution < -0.4 is 0 Å². The zero-order valence-corrected chi connectivity index (χ0v) is 12.1. The van der Waals surface area contributed by atoms with E-state index in [2.05, 4.69) is 74.5 Å². The highest BCUT2D eigenvalue weighted by molar-refractivity contribution is 7.35. The molecule has 2 aromatic carbocycles. The molecule has 1 aromatic heterocycles. The van der Waals surface area contributed by atoms with Crippen molar-refractivity contribution in [3.05, 3.63) is 71.5 Å². The number of aryl methyl sites for hydroxylation is 1. The Kier molecular flexibility index (Phi) is 3.27. The number of rotatable bonds is 2.